The number of hydrogen-bond donors (Lipinski definition) is 2. The first-order valence-corrected chi connectivity index (χ1v) is 7.13. The molecule has 2 aromatic carbocycles. The lowest BCUT2D eigenvalue weighted by Crippen LogP contribution is -2.22. The maximum atomic E-state index is 13.4. The first-order valence-electron chi connectivity index (χ1n) is 6.34. The number of benzene rings is 2. The minimum atomic E-state index is -0.930. The van der Waals surface area contributed by atoms with Crippen LogP contribution >= 0.6 is 15.9 Å². The number of hydrogen-bond acceptors (Lipinski definition) is 4. The molecular weight excluding hydrogens is 374 g/mol. The van der Waals surface area contributed by atoms with E-state index in [9.17, 15) is 18.4 Å². The highest BCUT2D eigenvalue weighted by atomic mass is 79.9. The largest absolute Gasteiger partial charge is 0.452 e. The summed E-state index contributed by atoms with van der Waals surface area (Å²) in [6.45, 7) is -0.637. The molecule has 1 amide bonds. The van der Waals surface area contributed by atoms with Gasteiger partial charge < -0.3 is 15.8 Å². The Morgan fingerprint density at radius 3 is 2.61 bits per heavy atom. The summed E-state index contributed by atoms with van der Waals surface area (Å²) in [5, 5.41) is 2.17. The maximum absolute atomic E-state index is 13.4. The molecule has 0 atom stereocenters. The highest BCUT2D eigenvalue weighted by Crippen LogP contribution is 2.19. The molecule has 5 nitrogen and oxygen atoms in total. The van der Waals surface area contributed by atoms with Gasteiger partial charge >= 0.3 is 5.97 Å². The molecule has 0 heterocycles. The number of carbonyl (C=O) groups is 2. The summed E-state index contributed by atoms with van der Waals surface area (Å²) in [7, 11) is 0. The number of anilines is 2. The van der Waals surface area contributed by atoms with Crippen LogP contribution in [-0.2, 0) is 9.53 Å². The Morgan fingerprint density at radius 1 is 1.17 bits per heavy atom. The number of ether oxygens (including phenoxy) is 1. The zero-order valence-corrected chi connectivity index (χ0v) is 13.2. The van der Waals surface area contributed by atoms with Crippen molar-refractivity contribution in [1.29, 1.82) is 0 Å². The molecule has 2 rings (SSSR count). The first-order chi connectivity index (χ1) is 10.9. The molecule has 2 aromatic rings. The Hall–Kier alpha value is -2.48. The summed E-state index contributed by atoms with van der Waals surface area (Å²) in [6, 6.07) is 7.30. The van der Waals surface area contributed by atoms with Gasteiger partial charge in [-0.25, -0.2) is 13.6 Å². The summed E-state index contributed by atoms with van der Waals surface area (Å²) >= 11 is 3.19. The lowest BCUT2D eigenvalue weighted by atomic mass is 10.2. The highest BCUT2D eigenvalue weighted by Gasteiger charge is 2.15. The second-order valence-electron chi connectivity index (χ2n) is 4.48. The van der Waals surface area contributed by atoms with Crippen molar-refractivity contribution in [3.05, 3.63) is 58.1 Å². The third kappa shape index (κ3) is 4.49. The third-order valence-electron chi connectivity index (χ3n) is 2.77. The molecule has 120 valence electrons. The molecule has 23 heavy (non-hydrogen) atoms. The van der Waals surface area contributed by atoms with Gasteiger partial charge in [0.2, 0.25) is 0 Å². The van der Waals surface area contributed by atoms with Gasteiger partial charge in [-0.3, -0.25) is 4.79 Å². The summed E-state index contributed by atoms with van der Waals surface area (Å²) < 4.78 is 31.6. The van der Waals surface area contributed by atoms with Gasteiger partial charge in [0, 0.05) is 16.2 Å². The highest BCUT2D eigenvalue weighted by molar-refractivity contribution is 9.10. The molecule has 0 fully saturated rings. The monoisotopic (exact) mass is 384 g/mol. The van der Waals surface area contributed by atoms with Crippen molar-refractivity contribution in [2.75, 3.05) is 17.7 Å². The third-order valence-corrected chi connectivity index (χ3v) is 3.27. The second kappa shape index (κ2) is 7.19. The van der Waals surface area contributed by atoms with Gasteiger partial charge in [-0.05, 0) is 30.3 Å². The van der Waals surface area contributed by atoms with Crippen LogP contribution in [0.2, 0.25) is 0 Å². The fraction of sp³-hybridized carbons (Fsp3) is 0.0667. The van der Waals surface area contributed by atoms with Gasteiger partial charge in [0.25, 0.3) is 5.91 Å². The lowest BCUT2D eigenvalue weighted by Gasteiger charge is -2.09. The van der Waals surface area contributed by atoms with Crippen LogP contribution in [0, 0.1) is 11.6 Å². The number of esters is 1. The Labute approximate surface area is 138 Å². The van der Waals surface area contributed by atoms with Gasteiger partial charge in [-0.15, -0.1) is 0 Å². The van der Waals surface area contributed by atoms with Crippen molar-refractivity contribution in [2.45, 2.75) is 0 Å². The van der Waals surface area contributed by atoms with Gasteiger partial charge in [-0.1, -0.05) is 15.9 Å². The minimum Gasteiger partial charge on any atom is -0.452 e. The fourth-order valence-electron chi connectivity index (χ4n) is 1.69. The number of nitrogens with two attached hydrogens (primary N) is 1. The van der Waals surface area contributed by atoms with Crippen LogP contribution in [0.15, 0.2) is 40.9 Å². The molecule has 0 radical (unpaired) electrons. The normalized spacial score (nSPS) is 10.2. The van der Waals surface area contributed by atoms with Gasteiger partial charge in [-0.2, -0.15) is 0 Å². The molecule has 0 saturated heterocycles. The Morgan fingerprint density at radius 2 is 1.91 bits per heavy atom. The van der Waals surface area contributed by atoms with Crippen LogP contribution in [0.5, 0.6) is 0 Å². The van der Waals surface area contributed by atoms with E-state index in [1.165, 1.54) is 12.1 Å². The fourth-order valence-corrected chi connectivity index (χ4v) is 2.05. The van der Waals surface area contributed by atoms with E-state index in [1.54, 1.807) is 6.07 Å². The van der Waals surface area contributed by atoms with E-state index in [0.29, 0.717) is 10.5 Å². The Bertz CT molecular complexity index is 768. The van der Waals surface area contributed by atoms with Crippen LogP contribution in [0.25, 0.3) is 0 Å². The molecule has 0 spiro atoms. The van der Waals surface area contributed by atoms with Gasteiger partial charge in [0.1, 0.15) is 11.6 Å². The van der Waals surface area contributed by atoms with E-state index in [1.807, 2.05) is 0 Å². The summed E-state index contributed by atoms with van der Waals surface area (Å²) in [5.74, 6) is -3.26. The molecule has 0 aromatic heterocycles. The van der Waals surface area contributed by atoms with Crippen LogP contribution in [-0.4, -0.2) is 18.5 Å². The van der Waals surface area contributed by atoms with Crippen LogP contribution in [0.4, 0.5) is 20.2 Å². The summed E-state index contributed by atoms with van der Waals surface area (Å²) in [5.41, 5.74) is 5.73. The molecule has 0 saturated carbocycles. The maximum Gasteiger partial charge on any atom is 0.340 e. The van der Waals surface area contributed by atoms with Crippen molar-refractivity contribution in [2.24, 2.45) is 0 Å². The molecule has 8 heteroatoms. The van der Waals surface area contributed by atoms with E-state index in [2.05, 4.69) is 21.2 Å². The number of nitrogen functional groups attached to an aromatic ring is 1. The lowest BCUT2D eigenvalue weighted by molar-refractivity contribution is -0.119. The van der Waals surface area contributed by atoms with Crippen LogP contribution in [0.1, 0.15) is 10.4 Å². The quantitative estimate of drug-likeness (QED) is 0.626. The predicted octanol–water partition coefficient (Wildman–Crippen LogP) is 3.11. The first kappa shape index (κ1) is 16.9. The molecule has 0 aliphatic rings. The number of nitrogens with one attached hydrogen (secondary N) is 1. The summed E-state index contributed by atoms with van der Waals surface area (Å²) in [4.78, 5) is 23.5. The van der Waals surface area contributed by atoms with E-state index in [0.717, 1.165) is 12.1 Å². The number of rotatable bonds is 4. The molecule has 3 N–H and O–H groups in total. The van der Waals surface area contributed by atoms with Crippen LogP contribution < -0.4 is 11.1 Å². The zero-order chi connectivity index (χ0) is 17.0. The Kier molecular flexibility index (Phi) is 5.28. The van der Waals surface area contributed by atoms with Crippen molar-refractivity contribution >= 4 is 39.2 Å². The van der Waals surface area contributed by atoms with Gasteiger partial charge in [0.15, 0.2) is 6.61 Å². The predicted molar refractivity (Wildman–Crippen MR) is 83.8 cm³/mol. The minimum absolute atomic E-state index is 0.0973. The van der Waals surface area contributed by atoms with E-state index < -0.39 is 30.1 Å². The Balaban J connectivity index is 1.96. The molecular formula is C15H11BrF2N2O3. The SMILES string of the molecule is Nc1ccc(Br)cc1C(=O)OCC(=O)Nc1ccc(F)cc1F. The van der Waals surface area contributed by atoms with Gasteiger partial charge in [0.05, 0.1) is 11.3 Å². The smallest absolute Gasteiger partial charge is 0.340 e. The van der Waals surface area contributed by atoms with E-state index in [4.69, 9.17) is 10.5 Å². The average Bonchev–Trinajstić information content (AvgIpc) is 2.50. The molecule has 0 bridgehead atoms. The topological polar surface area (TPSA) is 81.4 Å². The number of carbonyl (C=O) groups excluding carboxylic acids is 2. The molecule has 0 aliphatic heterocycles. The second-order valence-corrected chi connectivity index (χ2v) is 5.40. The van der Waals surface area contributed by atoms with Crippen LogP contribution in [0.3, 0.4) is 0 Å². The van der Waals surface area contributed by atoms with Crippen molar-refractivity contribution < 1.29 is 23.1 Å². The number of halogens is 3. The average molecular weight is 385 g/mol. The van der Waals surface area contributed by atoms with E-state index in [-0.39, 0.29) is 16.9 Å². The van der Waals surface area contributed by atoms with Crippen molar-refractivity contribution in [3.63, 3.8) is 0 Å². The zero-order valence-electron chi connectivity index (χ0n) is 11.6. The summed E-state index contributed by atoms with van der Waals surface area (Å²) in [6.07, 6.45) is 0. The van der Waals surface area contributed by atoms with E-state index >= 15 is 0 Å². The van der Waals surface area contributed by atoms with Crippen molar-refractivity contribution in [3.8, 4) is 0 Å². The van der Waals surface area contributed by atoms with Crippen molar-refractivity contribution in [1.82, 2.24) is 0 Å². The standard InChI is InChI=1S/C15H11BrF2N2O3/c16-8-1-3-12(19)10(5-8)15(22)23-7-14(21)20-13-4-2-9(17)6-11(13)18/h1-6H,7,19H2,(H,20,21). The molecule has 0 unspecified atom stereocenters. The number of amides is 1. The molecule has 0 aliphatic carbocycles.